The van der Waals surface area contributed by atoms with Gasteiger partial charge in [-0.25, -0.2) is 8.42 Å². The molecule has 0 spiro atoms. The quantitative estimate of drug-likeness (QED) is 0.794. The van der Waals surface area contributed by atoms with Gasteiger partial charge in [-0.15, -0.1) is 0 Å². The Morgan fingerprint density at radius 1 is 1.10 bits per heavy atom. The number of nitrogens with one attached hydrogen (secondary N) is 1. The molecule has 1 aromatic carbocycles. The van der Waals surface area contributed by atoms with Crippen LogP contribution >= 0.6 is 0 Å². The number of rotatable bonds is 5. The van der Waals surface area contributed by atoms with E-state index in [1.807, 2.05) is 32.9 Å². The number of aryl methyl sites for hydroxylation is 2. The summed E-state index contributed by atoms with van der Waals surface area (Å²) in [7, 11) is -3.51. The number of hydrogen-bond donors (Lipinski definition) is 1. The number of benzene rings is 1. The van der Waals surface area contributed by atoms with Gasteiger partial charge in [0.05, 0.1) is 10.9 Å². The lowest BCUT2D eigenvalue weighted by Crippen LogP contribution is -2.56. The molecule has 1 aromatic rings. The lowest BCUT2D eigenvalue weighted by atomic mass is 9.86. The number of sulfonamides is 1. The molecule has 0 aromatic heterocycles. The van der Waals surface area contributed by atoms with Crippen LogP contribution in [0.1, 0.15) is 50.7 Å². The summed E-state index contributed by atoms with van der Waals surface area (Å²) in [6.07, 6.45) is 4.66. The molecule has 7 heteroatoms. The molecular formula is C22H35N3O3S. The van der Waals surface area contributed by atoms with E-state index in [1.165, 1.54) is 19.3 Å². The van der Waals surface area contributed by atoms with Gasteiger partial charge in [-0.05, 0) is 56.7 Å². The number of carbonyl (C=O) groups is 1. The van der Waals surface area contributed by atoms with Crippen LogP contribution in [0.2, 0.25) is 0 Å². The third kappa shape index (κ3) is 5.01. The smallest absolute Gasteiger partial charge is 0.243 e. The highest BCUT2D eigenvalue weighted by atomic mass is 32.2. The number of carbonyl (C=O) groups excluding carboxylic acids is 1. The van der Waals surface area contributed by atoms with E-state index in [1.54, 1.807) is 10.4 Å². The zero-order valence-electron chi connectivity index (χ0n) is 18.1. The van der Waals surface area contributed by atoms with Gasteiger partial charge in [-0.1, -0.05) is 31.9 Å². The SMILES string of the molecule is Cc1ccc(C)c(S(=O)(=O)N2CCN([C@@H](C)C(=O)N[C@H]3CCCC[C@@H]3C)CC2)c1. The summed E-state index contributed by atoms with van der Waals surface area (Å²) in [6.45, 7) is 9.84. The Kier molecular flexibility index (Phi) is 7.02. The summed E-state index contributed by atoms with van der Waals surface area (Å²) in [5.74, 6) is 0.592. The fourth-order valence-electron chi connectivity index (χ4n) is 4.46. The minimum Gasteiger partial charge on any atom is -0.352 e. The van der Waals surface area contributed by atoms with Crippen molar-refractivity contribution in [2.75, 3.05) is 26.2 Å². The van der Waals surface area contributed by atoms with Crippen LogP contribution in [0.25, 0.3) is 0 Å². The van der Waals surface area contributed by atoms with Gasteiger partial charge in [0.2, 0.25) is 15.9 Å². The van der Waals surface area contributed by atoms with E-state index >= 15 is 0 Å². The summed E-state index contributed by atoms with van der Waals surface area (Å²) in [5, 5.41) is 3.23. The van der Waals surface area contributed by atoms with Crippen molar-refractivity contribution in [1.29, 1.82) is 0 Å². The first-order valence-electron chi connectivity index (χ1n) is 10.8. The van der Waals surface area contributed by atoms with E-state index in [9.17, 15) is 13.2 Å². The molecule has 0 radical (unpaired) electrons. The topological polar surface area (TPSA) is 69.7 Å². The number of nitrogens with zero attached hydrogens (tertiary/aromatic N) is 2. The van der Waals surface area contributed by atoms with Crippen LogP contribution in [0.5, 0.6) is 0 Å². The van der Waals surface area contributed by atoms with Gasteiger partial charge < -0.3 is 5.32 Å². The van der Waals surface area contributed by atoms with Crippen LogP contribution in [0, 0.1) is 19.8 Å². The number of hydrogen-bond acceptors (Lipinski definition) is 4. The Bertz CT molecular complexity index is 832. The van der Waals surface area contributed by atoms with Crippen molar-refractivity contribution in [1.82, 2.24) is 14.5 Å². The summed E-state index contributed by atoms with van der Waals surface area (Å²) >= 11 is 0. The van der Waals surface area contributed by atoms with E-state index < -0.39 is 10.0 Å². The van der Waals surface area contributed by atoms with Crippen molar-refractivity contribution in [2.24, 2.45) is 5.92 Å². The molecule has 1 amide bonds. The average molecular weight is 422 g/mol. The van der Waals surface area contributed by atoms with Crippen LogP contribution in [0.15, 0.2) is 23.1 Å². The number of piperazine rings is 1. The van der Waals surface area contributed by atoms with Crippen molar-refractivity contribution in [3.05, 3.63) is 29.3 Å². The monoisotopic (exact) mass is 421 g/mol. The summed E-state index contributed by atoms with van der Waals surface area (Å²) in [6, 6.07) is 5.56. The van der Waals surface area contributed by atoms with E-state index in [-0.39, 0.29) is 18.0 Å². The molecule has 1 saturated carbocycles. The van der Waals surface area contributed by atoms with E-state index in [0.717, 1.165) is 17.5 Å². The largest absolute Gasteiger partial charge is 0.352 e. The first kappa shape index (κ1) is 22.2. The fraction of sp³-hybridized carbons (Fsp3) is 0.682. The van der Waals surface area contributed by atoms with Gasteiger partial charge in [0.1, 0.15) is 0 Å². The predicted molar refractivity (Wildman–Crippen MR) is 115 cm³/mol. The molecule has 6 nitrogen and oxygen atoms in total. The van der Waals surface area contributed by atoms with Crippen LogP contribution in [0.3, 0.4) is 0 Å². The van der Waals surface area contributed by atoms with Gasteiger partial charge in [-0.3, -0.25) is 9.69 Å². The van der Waals surface area contributed by atoms with Crippen LogP contribution in [-0.2, 0) is 14.8 Å². The zero-order valence-corrected chi connectivity index (χ0v) is 19.0. The summed E-state index contributed by atoms with van der Waals surface area (Å²) in [5.41, 5.74) is 1.71. The second-order valence-corrected chi connectivity index (χ2v) is 10.7. The Morgan fingerprint density at radius 2 is 1.76 bits per heavy atom. The fourth-order valence-corrected chi connectivity index (χ4v) is 6.19. The molecule has 29 heavy (non-hydrogen) atoms. The Hall–Kier alpha value is -1.44. The molecule has 0 bridgehead atoms. The molecule has 0 unspecified atom stereocenters. The predicted octanol–water partition coefficient (Wildman–Crippen LogP) is 2.69. The molecule has 162 valence electrons. The van der Waals surface area contributed by atoms with Gasteiger partial charge in [0, 0.05) is 32.2 Å². The van der Waals surface area contributed by atoms with E-state index in [0.29, 0.717) is 37.0 Å². The Balaban J connectivity index is 1.59. The van der Waals surface area contributed by atoms with Crippen LogP contribution < -0.4 is 5.32 Å². The Morgan fingerprint density at radius 3 is 2.41 bits per heavy atom. The van der Waals surface area contributed by atoms with Gasteiger partial charge in [0.25, 0.3) is 0 Å². The molecule has 1 heterocycles. The van der Waals surface area contributed by atoms with Crippen LogP contribution in [-0.4, -0.2) is 61.8 Å². The molecule has 3 rings (SSSR count). The third-order valence-corrected chi connectivity index (χ3v) is 8.64. The van der Waals surface area contributed by atoms with E-state index in [2.05, 4.69) is 17.1 Å². The summed E-state index contributed by atoms with van der Waals surface area (Å²) in [4.78, 5) is 15.2. The van der Waals surface area contributed by atoms with Crippen LogP contribution in [0.4, 0.5) is 0 Å². The molecule has 2 aliphatic rings. The lowest BCUT2D eigenvalue weighted by molar-refractivity contribution is -0.127. The Labute approximate surface area is 175 Å². The zero-order chi connectivity index (χ0) is 21.2. The first-order valence-corrected chi connectivity index (χ1v) is 12.3. The van der Waals surface area contributed by atoms with Crippen molar-refractivity contribution < 1.29 is 13.2 Å². The summed E-state index contributed by atoms with van der Waals surface area (Å²) < 4.78 is 27.7. The van der Waals surface area contributed by atoms with E-state index in [4.69, 9.17) is 0 Å². The first-order chi connectivity index (χ1) is 13.7. The average Bonchev–Trinajstić information content (AvgIpc) is 2.71. The highest BCUT2D eigenvalue weighted by molar-refractivity contribution is 7.89. The highest BCUT2D eigenvalue weighted by Gasteiger charge is 2.33. The van der Waals surface area contributed by atoms with Crippen molar-refractivity contribution in [2.45, 2.75) is 70.4 Å². The standard InChI is InChI=1S/C22H35N3O3S/c1-16-9-10-18(3)21(15-16)29(27,28)25-13-11-24(12-14-25)19(4)22(26)23-20-8-6-5-7-17(20)2/h9-10,15,17,19-20H,5-8,11-14H2,1-4H3,(H,23,26)/t17-,19-,20-/m0/s1. The third-order valence-electron chi connectivity index (χ3n) is 6.60. The molecular weight excluding hydrogens is 386 g/mol. The molecule has 1 aliphatic carbocycles. The van der Waals surface area contributed by atoms with Crippen molar-refractivity contribution >= 4 is 15.9 Å². The molecule has 1 aliphatic heterocycles. The minimum atomic E-state index is -3.51. The molecule has 2 fully saturated rings. The normalized spacial score (nSPS) is 25.5. The van der Waals surface area contributed by atoms with Crippen molar-refractivity contribution in [3.63, 3.8) is 0 Å². The molecule has 3 atom stereocenters. The maximum atomic E-state index is 13.1. The highest BCUT2D eigenvalue weighted by Crippen LogP contribution is 2.25. The van der Waals surface area contributed by atoms with Gasteiger partial charge in [0.15, 0.2) is 0 Å². The van der Waals surface area contributed by atoms with Gasteiger partial charge in [-0.2, -0.15) is 4.31 Å². The lowest BCUT2D eigenvalue weighted by Gasteiger charge is -2.38. The van der Waals surface area contributed by atoms with Gasteiger partial charge >= 0.3 is 0 Å². The number of amides is 1. The maximum Gasteiger partial charge on any atom is 0.243 e. The molecule has 1 saturated heterocycles. The minimum absolute atomic E-state index is 0.0644. The molecule has 1 N–H and O–H groups in total. The maximum absolute atomic E-state index is 13.1. The van der Waals surface area contributed by atoms with Crippen molar-refractivity contribution in [3.8, 4) is 0 Å². The second kappa shape index (κ2) is 9.14. The second-order valence-electron chi connectivity index (χ2n) is 8.76.